The Morgan fingerprint density at radius 1 is 1.23 bits per heavy atom. The zero-order valence-electron chi connectivity index (χ0n) is 17.0. The molecule has 0 unspecified atom stereocenters. The standard InChI is InChI=1S/C23H21FN6O/c1-29-20-7-3-2-5-15(20)13-21(29)23(31)27-12-4-6-19-18(14-25)22(26)30(28-19)17-10-8-16(24)9-11-17/h2-3,5,7-11,13H,4,6,12,26H2,1H3,(H,27,31). The normalized spacial score (nSPS) is 10.9. The number of aromatic nitrogens is 3. The number of nitrogen functional groups attached to an aromatic ring is 1. The number of nitrogens with two attached hydrogens (primary N) is 1. The molecular weight excluding hydrogens is 395 g/mol. The number of halogens is 1. The molecule has 8 heteroatoms. The van der Waals surface area contributed by atoms with Gasteiger partial charge in [-0.15, -0.1) is 0 Å². The predicted molar refractivity (Wildman–Crippen MR) is 116 cm³/mol. The highest BCUT2D eigenvalue weighted by Crippen LogP contribution is 2.22. The van der Waals surface area contributed by atoms with Crippen molar-refractivity contribution in [3.63, 3.8) is 0 Å². The summed E-state index contributed by atoms with van der Waals surface area (Å²) in [5.74, 6) is -0.309. The van der Waals surface area contributed by atoms with E-state index in [0.717, 1.165) is 10.9 Å². The summed E-state index contributed by atoms with van der Waals surface area (Å²) in [6, 6.07) is 17.5. The second kappa shape index (κ2) is 8.32. The van der Waals surface area contributed by atoms with Crippen LogP contribution in [0.5, 0.6) is 0 Å². The lowest BCUT2D eigenvalue weighted by Gasteiger charge is -2.06. The fourth-order valence-electron chi connectivity index (χ4n) is 3.61. The molecule has 2 heterocycles. The molecule has 0 spiro atoms. The number of nitrogens with one attached hydrogen (secondary N) is 1. The van der Waals surface area contributed by atoms with Gasteiger partial charge in [0.2, 0.25) is 0 Å². The maximum atomic E-state index is 13.2. The van der Waals surface area contributed by atoms with Gasteiger partial charge in [-0.3, -0.25) is 4.79 Å². The maximum absolute atomic E-state index is 13.2. The SMILES string of the molecule is Cn1c(C(=O)NCCCc2nn(-c3ccc(F)cc3)c(N)c2C#N)cc2ccccc21. The van der Waals surface area contributed by atoms with Crippen LogP contribution in [0, 0.1) is 17.1 Å². The molecule has 156 valence electrons. The van der Waals surface area contributed by atoms with Crippen LogP contribution in [0.15, 0.2) is 54.6 Å². The first kappa shape index (κ1) is 20.2. The third-order valence-electron chi connectivity index (χ3n) is 5.24. The van der Waals surface area contributed by atoms with E-state index in [1.54, 1.807) is 12.1 Å². The average Bonchev–Trinajstić information content (AvgIpc) is 3.28. The Labute approximate surface area is 178 Å². The topological polar surface area (TPSA) is 102 Å². The lowest BCUT2D eigenvalue weighted by molar-refractivity contribution is 0.0945. The number of rotatable bonds is 6. The predicted octanol–water partition coefficient (Wildman–Crippen LogP) is 3.32. The van der Waals surface area contributed by atoms with Crippen LogP contribution in [0.2, 0.25) is 0 Å². The van der Waals surface area contributed by atoms with Gasteiger partial charge in [-0.1, -0.05) is 18.2 Å². The van der Waals surface area contributed by atoms with Gasteiger partial charge in [-0.2, -0.15) is 10.4 Å². The molecule has 3 N–H and O–H groups in total. The number of amides is 1. The van der Waals surface area contributed by atoms with Gasteiger partial charge in [0.25, 0.3) is 5.91 Å². The second-order valence-electron chi connectivity index (χ2n) is 7.21. The first-order chi connectivity index (χ1) is 15.0. The van der Waals surface area contributed by atoms with Crippen molar-refractivity contribution in [1.29, 1.82) is 5.26 Å². The molecule has 31 heavy (non-hydrogen) atoms. The van der Waals surface area contributed by atoms with E-state index >= 15 is 0 Å². The van der Waals surface area contributed by atoms with Crippen LogP contribution in [-0.4, -0.2) is 26.8 Å². The number of para-hydroxylation sites is 1. The number of nitriles is 1. The molecule has 0 aliphatic heterocycles. The number of anilines is 1. The quantitative estimate of drug-likeness (QED) is 0.471. The summed E-state index contributed by atoms with van der Waals surface area (Å²) in [5.41, 5.74) is 9.07. The Morgan fingerprint density at radius 2 is 1.97 bits per heavy atom. The zero-order chi connectivity index (χ0) is 22.0. The van der Waals surface area contributed by atoms with E-state index in [1.165, 1.54) is 16.8 Å². The molecule has 2 aromatic heterocycles. The molecule has 0 saturated heterocycles. The summed E-state index contributed by atoms with van der Waals surface area (Å²) in [6.45, 7) is 0.425. The lowest BCUT2D eigenvalue weighted by Crippen LogP contribution is -2.26. The molecule has 7 nitrogen and oxygen atoms in total. The lowest BCUT2D eigenvalue weighted by atomic mass is 10.1. The van der Waals surface area contributed by atoms with Gasteiger partial charge in [-0.05, 0) is 49.2 Å². The summed E-state index contributed by atoms with van der Waals surface area (Å²) in [5, 5.41) is 17.8. The summed E-state index contributed by atoms with van der Waals surface area (Å²) in [6.07, 6.45) is 1.06. The van der Waals surface area contributed by atoms with Crippen molar-refractivity contribution >= 4 is 22.6 Å². The Hall–Kier alpha value is -4.12. The molecule has 1 amide bonds. The third-order valence-corrected chi connectivity index (χ3v) is 5.24. The third kappa shape index (κ3) is 3.85. The van der Waals surface area contributed by atoms with Gasteiger partial charge in [-0.25, -0.2) is 9.07 Å². The van der Waals surface area contributed by atoms with Crippen LogP contribution in [0.4, 0.5) is 10.2 Å². The van der Waals surface area contributed by atoms with E-state index < -0.39 is 0 Å². The van der Waals surface area contributed by atoms with Gasteiger partial charge in [0.15, 0.2) is 0 Å². The number of nitrogens with zero attached hydrogens (tertiary/aromatic N) is 4. The first-order valence-corrected chi connectivity index (χ1v) is 9.85. The number of benzene rings is 2. The van der Waals surface area contributed by atoms with E-state index in [9.17, 15) is 14.4 Å². The summed E-state index contributed by atoms with van der Waals surface area (Å²) < 4.78 is 16.5. The van der Waals surface area contributed by atoms with Crippen LogP contribution in [0.1, 0.15) is 28.2 Å². The van der Waals surface area contributed by atoms with E-state index in [2.05, 4.69) is 16.5 Å². The molecule has 4 aromatic rings. The van der Waals surface area contributed by atoms with Crippen LogP contribution >= 0.6 is 0 Å². The van der Waals surface area contributed by atoms with Crippen molar-refractivity contribution in [2.24, 2.45) is 7.05 Å². The van der Waals surface area contributed by atoms with Crippen molar-refractivity contribution in [3.05, 3.63) is 77.4 Å². The van der Waals surface area contributed by atoms with Crippen molar-refractivity contribution in [3.8, 4) is 11.8 Å². The Balaban J connectivity index is 1.42. The molecule has 0 aliphatic rings. The molecular formula is C23H21FN6O. The molecule has 0 saturated carbocycles. The van der Waals surface area contributed by atoms with Gasteiger partial charge < -0.3 is 15.6 Å². The van der Waals surface area contributed by atoms with Crippen LogP contribution in [-0.2, 0) is 13.5 Å². The Bertz CT molecular complexity index is 1300. The highest BCUT2D eigenvalue weighted by molar-refractivity contribution is 5.98. The van der Waals surface area contributed by atoms with Crippen molar-refractivity contribution < 1.29 is 9.18 Å². The van der Waals surface area contributed by atoms with E-state index in [0.29, 0.717) is 42.0 Å². The molecule has 0 bridgehead atoms. The van der Waals surface area contributed by atoms with Gasteiger partial charge in [0.05, 0.1) is 11.4 Å². The monoisotopic (exact) mass is 416 g/mol. The molecule has 0 aliphatic carbocycles. The molecule has 4 rings (SSSR count). The van der Waals surface area contributed by atoms with E-state index in [-0.39, 0.29) is 17.5 Å². The van der Waals surface area contributed by atoms with Crippen LogP contribution < -0.4 is 11.1 Å². The highest BCUT2D eigenvalue weighted by atomic mass is 19.1. The summed E-state index contributed by atoms with van der Waals surface area (Å²) in [7, 11) is 1.86. The maximum Gasteiger partial charge on any atom is 0.267 e. The van der Waals surface area contributed by atoms with E-state index in [1.807, 2.05) is 41.9 Å². The molecule has 0 atom stereocenters. The smallest absolute Gasteiger partial charge is 0.267 e. The minimum absolute atomic E-state index is 0.157. The van der Waals surface area contributed by atoms with Gasteiger partial charge in [0.1, 0.15) is 29.0 Å². The van der Waals surface area contributed by atoms with Crippen molar-refractivity contribution in [2.45, 2.75) is 12.8 Å². The van der Waals surface area contributed by atoms with E-state index in [4.69, 9.17) is 5.73 Å². The fourth-order valence-corrected chi connectivity index (χ4v) is 3.61. The Morgan fingerprint density at radius 3 is 2.68 bits per heavy atom. The van der Waals surface area contributed by atoms with Crippen LogP contribution in [0.3, 0.4) is 0 Å². The first-order valence-electron chi connectivity index (χ1n) is 9.85. The van der Waals surface area contributed by atoms with Crippen molar-refractivity contribution in [1.82, 2.24) is 19.7 Å². The zero-order valence-corrected chi connectivity index (χ0v) is 17.0. The minimum atomic E-state index is -0.364. The van der Waals surface area contributed by atoms with Crippen molar-refractivity contribution in [2.75, 3.05) is 12.3 Å². The Kier molecular flexibility index (Phi) is 5.41. The number of hydrogen-bond donors (Lipinski definition) is 2. The highest BCUT2D eigenvalue weighted by Gasteiger charge is 2.17. The summed E-state index contributed by atoms with van der Waals surface area (Å²) >= 11 is 0. The molecule has 0 fully saturated rings. The molecule has 0 radical (unpaired) electrons. The second-order valence-corrected chi connectivity index (χ2v) is 7.21. The largest absolute Gasteiger partial charge is 0.382 e. The number of hydrogen-bond acceptors (Lipinski definition) is 4. The number of aryl methyl sites for hydroxylation is 2. The molecule has 2 aromatic carbocycles. The average molecular weight is 416 g/mol. The fraction of sp³-hybridized carbons (Fsp3) is 0.174. The van der Waals surface area contributed by atoms with Gasteiger partial charge >= 0.3 is 0 Å². The number of carbonyl (C=O) groups excluding carboxylic acids is 1. The number of fused-ring (bicyclic) bond motifs is 1. The minimum Gasteiger partial charge on any atom is -0.382 e. The summed E-state index contributed by atoms with van der Waals surface area (Å²) in [4.78, 5) is 12.6. The van der Waals surface area contributed by atoms with Crippen LogP contribution in [0.25, 0.3) is 16.6 Å². The number of carbonyl (C=O) groups is 1. The van der Waals surface area contributed by atoms with Gasteiger partial charge in [0, 0.05) is 24.5 Å².